The predicted octanol–water partition coefficient (Wildman–Crippen LogP) is 1.52. The van der Waals surface area contributed by atoms with Crippen LogP contribution < -0.4 is 0 Å². The Kier molecular flexibility index (Phi) is 5.61. The summed E-state index contributed by atoms with van der Waals surface area (Å²) >= 11 is 1.39. The van der Waals surface area contributed by atoms with E-state index in [1.165, 1.54) is 11.3 Å². The lowest BCUT2D eigenvalue weighted by atomic mass is 10.1. The molecule has 0 unspecified atom stereocenters. The first-order valence-electron chi connectivity index (χ1n) is 5.63. The van der Waals surface area contributed by atoms with E-state index in [0.29, 0.717) is 24.3 Å². The fourth-order valence-electron chi connectivity index (χ4n) is 1.46. The molecule has 1 heterocycles. The van der Waals surface area contributed by atoms with E-state index >= 15 is 0 Å². The molecule has 0 aliphatic carbocycles. The van der Waals surface area contributed by atoms with Crippen molar-refractivity contribution in [3.8, 4) is 0 Å². The summed E-state index contributed by atoms with van der Waals surface area (Å²) in [6.45, 7) is 3.85. The van der Waals surface area contributed by atoms with Gasteiger partial charge in [-0.15, -0.1) is 11.3 Å². The van der Waals surface area contributed by atoms with Crippen molar-refractivity contribution in [3.05, 3.63) is 21.4 Å². The van der Waals surface area contributed by atoms with Gasteiger partial charge in [-0.1, -0.05) is 0 Å². The molecule has 0 fully saturated rings. The first-order valence-corrected chi connectivity index (χ1v) is 6.45. The number of esters is 1. The molecule has 0 saturated heterocycles. The number of carbonyl (C=O) groups excluding carboxylic acids is 1. The molecule has 1 rings (SSSR count). The lowest BCUT2D eigenvalue weighted by Crippen LogP contribution is -2.12. The summed E-state index contributed by atoms with van der Waals surface area (Å²) in [7, 11) is 0. The van der Waals surface area contributed by atoms with Crippen LogP contribution in [0.5, 0.6) is 0 Å². The van der Waals surface area contributed by atoms with Gasteiger partial charge in [0.15, 0.2) is 0 Å². The van der Waals surface area contributed by atoms with Crippen molar-refractivity contribution in [2.45, 2.75) is 32.8 Å². The van der Waals surface area contributed by atoms with Crippen molar-refractivity contribution in [1.82, 2.24) is 0 Å². The molecule has 1 aromatic rings. The number of thiophene rings is 1. The van der Waals surface area contributed by atoms with Crippen LogP contribution in [0, 0.1) is 6.92 Å². The first-order chi connectivity index (χ1) is 8.08. The molecule has 0 aliphatic rings. The zero-order chi connectivity index (χ0) is 12.8. The number of carbonyl (C=O) groups is 1. The fraction of sp³-hybridized carbons (Fsp3) is 0.583. The van der Waals surface area contributed by atoms with E-state index in [2.05, 4.69) is 0 Å². The molecular formula is C12H18O4S. The zero-order valence-electron chi connectivity index (χ0n) is 10.1. The van der Waals surface area contributed by atoms with Gasteiger partial charge in [-0.3, -0.25) is 0 Å². The largest absolute Gasteiger partial charge is 0.462 e. The minimum atomic E-state index is -0.692. The number of aliphatic hydroxyl groups excluding tert-OH is 2. The van der Waals surface area contributed by atoms with Gasteiger partial charge in [0, 0.05) is 4.88 Å². The minimum Gasteiger partial charge on any atom is -0.462 e. The number of ether oxygens (including phenoxy) is 1. The van der Waals surface area contributed by atoms with Gasteiger partial charge >= 0.3 is 5.97 Å². The third-order valence-electron chi connectivity index (χ3n) is 2.41. The summed E-state index contributed by atoms with van der Waals surface area (Å²) in [6.07, 6.45) is 0.472. The Morgan fingerprint density at radius 1 is 1.59 bits per heavy atom. The monoisotopic (exact) mass is 258 g/mol. The summed E-state index contributed by atoms with van der Waals surface area (Å²) in [5.41, 5.74) is 1.03. The van der Waals surface area contributed by atoms with E-state index in [9.17, 15) is 9.90 Å². The smallest absolute Gasteiger partial charge is 0.348 e. The van der Waals surface area contributed by atoms with Gasteiger partial charge in [0.05, 0.1) is 19.3 Å². The molecule has 1 atom stereocenters. The first kappa shape index (κ1) is 14.2. The van der Waals surface area contributed by atoms with Crippen molar-refractivity contribution in [3.63, 3.8) is 0 Å². The van der Waals surface area contributed by atoms with Crippen LogP contribution in [0.2, 0.25) is 0 Å². The molecule has 1 aromatic heterocycles. The maximum atomic E-state index is 11.5. The Balaban J connectivity index is 2.65. The zero-order valence-corrected chi connectivity index (χ0v) is 10.9. The number of aryl methyl sites for hydroxylation is 2. The third-order valence-corrected chi connectivity index (χ3v) is 3.69. The van der Waals surface area contributed by atoms with Gasteiger partial charge in [-0.25, -0.2) is 4.79 Å². The highest BCUT2D eigenvalue weighted by Crippen LogP contribution is 2.24. The van der Waals surface area contributed by atoms with E-state index < -0.39 is 6.10 Å². The second-order valence-electron chi connectivity index (χ2n) is 3.81. The number of aliphatic hydroxyl groups is 2. The summed E-state index contributed by atoms with van der Waals surface area (Å²) in [5, 5.41) is 18.0. The second kappa shape index (κ2) is 6.74. The molecule has 0 aromatic carbocycles. The number of hydrogen-bond donors (Lipinski definition) is 2. The second-order valence-corrected chi connectivity index (χ2v) is 4.95. The van der Waals surface area contributed by atoms with Crippen LogP contribution in [0.3, 0.4) is 0 Å². The summed E-state index contributed by atoms with van der Waals surface area (Å²) in [4.78, 5) is 13.2. The molecule has 0 saturated carbocycles. The lowest BCUT2D eigenvalue weighted by Gasteiger charge is -2.05. The number of hydrogen-bond acceptors (Lipinski definition) is 5. The minimum absolute atomic E-state index is 0.227. The fourth-order valence-corrected chi connectivity index (χ4v) is 2.54. The Morgan fingerprint density at radius 2 is 2.29 bits per heavy atom. The van der Waals surface area contributed by atoms with Gasteiger partial charge in [0.1, 0.15) is 4.88 Å². The van der Waals surface area contributed by atoms with Crippen molar-refractivity contribution < 1.29 is 19.7 Å². The molecule has 0 amide bonds. The van der Waals surface area contributed by atoms with E-state index in [1.807, 2.05) is 13.0 Å². The third kappa shape index (κ3) is 4.11. The van der Waals surface area contributed by atoms with Crippen LogP contribution in [0.4, 0.5) is 0 Å². The maximum Gasteiger partial charge on any atom is 0.348 e. The Labute approximate surface area is 105 Å². The van der Waals surface area contributed by atoms with Crippen LogP contribution in [-0.4, -0.2) is 35.5 Å². The quantitative estimate of drug-likeness (QED) is 0.759. The van der Waals surface area contributed by atoms with Crippen LogP contribution in [-0.2, 0) is 11.2 Å². The van der Waals surface area contributed by atoms with Gasteiger partial charge < -0.3 is 14.9 Å². The van der Waals surface area contributed by atoms with Gasteiger partial charge in [-0.05, 0) is 38.3 Å². The van der Waals surface area contributed by atoms with Crippen molar-refractivity contribution >= 4 is 17.3 Å². The Hall–Kier alpha value is -0.910. The average Bonchev–Trinajstić information content (AvgIpc) is 2.68. The van der Waals surface area contributed by atoms with Gasteiger partial charge in [0.2, 0.25) is 0 Å². The Morgan fingerprint density at radius 3 is 2.88 bits per heavy atom. The molecule has 4 nitrogen and oxygen atoms in total. The highest BCUT2D eigenvalue weighted by molar-refractivity contribution is 7.14. The number of rotatable bonds is 6. The molecule has 2 N–H and O–H groups in total. The standard InChI is InChI=1S/C12H18O4S/c1-3-16-12(15)11-6-8(2)10(17-11)5-4-9(14)7-13/h6,9,13-14H,3-5,7H2,1-2H3/t9-/m0/s1. The Bertz CT molecular complexity index is 373. The molecule has 96 valence electrons. The SMILES string of the molecule is CCOC(=O)c1cc(C)c(CC[C@H](O)CO)s1. The highest BCUT2D eigenvalue weighted by atomic mass is 32.1. The van der Waals surface area contributed by atoms with Crippen molar-refractivity contribution in [2.24, 2.45) is 0 Å². The molecular weight excluding hydrogens is 240 g/mol. The van der Waals surface area contributed by atoms with Crippen molar-refractivity contribution in [1.29, 1.82) is 0 Å². The highest BCUT2D eigenvalue weighted by Gasteiger charge is 2.14. The van der Waals surface area contributed by atoms with Crippen LogP contribution in [0.25, 0.3) is 0 Å². The summed E-state index contributed by atoms with van der Waals surface area (Å²) < 4.78 is 4.93. The van der Waals surface area contributed by atoms with Crippen LogP contribution in [0.1, 0.15) is 33.5 Å². The maximum absolute atomic E-state index is 11.5. The average molecular weight is 258 g/mol. The topological polar surface area (TPSA) is 66.8 Å². The lowest BCUT2D eigenvalue weighted by molar-refractivity contribution is 0.0532. The van der Waals surface area contributed by atoms with E-state index in [-0.39, 0.29) is 12.6 Å². The van der Waals surface area contributed by atoms with E-state index in [0.717, 1.165) is 10.4 Å². The molecule has 0 spiro atoms. The van der Waals surface area contributed by atoms with Crippen LogP contribution >= 0.6 is 11.3 Å². The van der Waals surface area contributed by atoms with E-state index in [1.54, 1.807) is 6.92 Å². The molecule has 0 radical (unpaired) electrons. The molecule has 17 heavy (non-hydrogen) atoms. The van der Waals surface area contributed by atoms with Gasteiger partial charge in [0.25, 0.3) is 0 Å². The molecule has 0 aliphatic heterocycles. The summed E-state index contributed by atoms with van der Waals surface area (Å²) in [6, 6.07) is 1.81. The predicted molar refractivity (Wildman–Crippen MR) is 66.4 cm³/mol. The van der Waals surface area contributed by atoms with E-state index in [4.69, 9.17) is 9.84 Å². The molecule has 5 heteroatoms. The van der Waals surface area contributed by atoms with Gasteiger partial charge in [-0.2, -0.15) is 0 Å². The molecule has 0 bridgehead atoms. The van der Waals surface area contributed by atoms with Crippen molar-refractivity contribution in [2.75, 3.05) is 13.2 Å². The normalized spacial score (nSPS) is 12.5. The summed E-state index contributed by atoms with van der Waals surface area (Å²) in [5.74, 6) is -0.297. The van der Waals surface area contributed by atoms with Crippen LogP contribution in [0.15, 0.2) is 6.07 Å².